The average Bonchev–Trinajstić information content (AvgIpc) is 2.76. The number of rotatable bonds is 3. The number of carbonyl (C=O) groups excluding carboxylic acids is 1. The molecule has 0 aromatic heterocycles. The number of carbonyl (C=O) groups is 1. The molecule has 1 aliphatic rings. The van der Waals surface area contributed by atoms with E-state index in [1.165, 1.54) is 0 Å². The van der Waals surface area contributed by atoms with Gasteiger partial charge in [-0.15, -0.1) is 0 Å². The van der Waals surface area contributed by atoms with Crippen molar-refractivity contribution in [3.63, 3.8) is 0 Å². The fraction of sp³-hybridized carbons (Fsp3) is 0.357. The predicted molar refractivity (Wildman–Crippen MR) is 70.7 cm³/mol. The summed E-state index contributed by atoms with van der Waals surface area (Å²) in [5, 5.41) is 15.5. The van der Waals surface area contributed by atoms with Crippen LogP contribution in [0.4, 0.5) is 0 Å². The van der Waals surface area contributed by atoms with Gasteiger partial charge in [-0.2, -0.15) is 5.26 Å². The molecule has 1 aromatic carbocycles. The summed E-state index contributed by atoms with van der Waals surface area (Å²) in [6.07, 6.45) is 0.700. The summed E-state index contributed by atoms with van der Waals surface area (Å²) in [6, 6.07) is 8.60. The Kier molecular flexibility index (Phi) is 3.52. The Hall–Kier alpha value is -2.35. The van der Waals surface area contributed by atoms with Crippen molar-refractivity contribution in [3.8, 4) is 6.07 Å². The van der Waals surface area contributed by atoms with Crippen LogP contribution >= 0.6 is 0 Å². The third-order valence-electron chi connectivity index (χ3n) is 2.93. The van der Waals surface area contributed by atoms with E-state index in [-0.39, 0.29) is 5.91 Å². The van der Waals surface area contributed by atoms with Crippen molar-refractivity contribution in [2.45, 2.75) is 25.9 Å². The summed E-state index contributed by atoms with van der Waals surface area (Å²) in [5.74, 6) is -0.216. The van der Waals surface area contributed by atoms with Gasteiger partial charge in [0.2, 0.25) is 0 Å². The number of benzene rings is 1. The maximum Gasteiger partial charge on any atom is 0.251 e. The SMILES string of the molecule is CC1=NOC(C)(CNC(=O)c2cccc(C#N)c2)C1. The highest BCUT2D eigenvalue weighted by Crippen LogP contribution is 2.22. The molecule has 1 N–H and O–H groups in total. The van der Waals surface area contributed by atoms with E-state index < -0.39 is 5.60 Å². The number of nitriles is 1. The van der Waals surface area contributed by atoms with Gasteiger partial charge in [0.1, 0.15) is 0 Å². The number of amides is 1. The molecule has 0 saturated carbocycles. The monoisotopic (exact) mass is 257 g/mol. The van der Waals surface area contributed by atoms with Crippen molar-refractivity contribution in [3.05, 3.63) is 35.4 Å². The number of nitrogens with zero attached hydrogens (tertiary/aromatic N) is 2. The van der Waals surface area contributed by atoms with Crippen LogP contribution in [0.5, 0.6) is 0 Å². The molecule has 0 fully saturated rings. The van der Waals surface area contributed by atoms with Gasteiger partial charge >= 0.3 is 0 Å². The van der Waals surface area contributed by atoms with E-state index in [1.54, 1.807) is 24.3 Å². The summed E-state index contributed by atoms with van der Waals surface area (Å²) in [4.78, 5) is 17.3. The van der Waals surface area contributed by atoms with Crippen LogP contribution in [-0.4, -0.2) is 23.8 Å². The molecule has 0 radical (unpaired) electrons. The lowest BCUT2D eigenvalue weighted by Gasteiger charge is -2.21. The second-order valence-electron chi connectivity index (χ2n) is 4.92. The van der Waals surface area contributed by atoms with Crippen LogP contribution in [0, 0.1) is 11.3 Å². The van der Waals surface area contributed by atoms with E-state index in [4.69, 9.17) is 10.1 Å². The Bertz CT molecular complexity index is 574. The minimum Gasteiger partial charge on any atom is -0.387 e. The molecular formula is C14H15N3O2. The molecule has 1 atom stereocenters. The molecule has 2 rings (SSSR count). The van der Waals surface area contributed by atoms with Gasteiger partial charge in [-0.1, -0.05) is 11.2 Å². The molecule has 0 spiro atoms. The first-order valence-corrected chi connectivity index (χ1v) is 6.02. The maximum atomic E-state index is 12.0. The van der Waals surface area contributed by atoms with Crippen molar-refractivity contribution in [2.24, 2.45) is 5.16 Å². The largest absolute Gasteiger partial charge is 0.387 e. The smallest absolute Gasteiger partial charge is 0.251 e. The van der Waals surface area contributed by atoms with Gasteiger partial charge in [-0.3, -0.25) is 4.79 Å². The van der Waals surface area contributed by atoms with Gasteiger partial charge in [0.25, 0.3) is 5.91 Å². The van der Waals surface area contributed by atoms with Crippen LogP contribution in [0.3, 0.4) is 0 Å². The molecular weight excluding hydrogens is 242 g/mol. The van der Waals surface area contributed by atoms with Crippen LogP contribution < -0.4 is 5.32 Å². The zero-order valence-electron chi connectivity index (χ0n) is 10.9. The highest BCUT2D eigenvalue weighted by Gasteiger charge is 2.32. The van der Waals surface area contributed by atoms with E-state index >= 15 is 0 Å². The Morgan fingerprint density at radius 3 is 3.05 bits per heavy atom. The molecule has 0 aliphatic carbocycles. The first-order chi connectivity index (χ1) is 9.02. The zero-order chi connectivity index (χ0) is 13.9. The molecule has 1 aliphatic heterocycles. The third kappa shape index (κ3) is 3.10. The summed E-state index contributed by atoms with van der Waals surface area (Å²) in [6.45, 7) is 4.17. The third-order valence-corrected chi connectivity index (χ3v) is 2.93. The lowest BCUT2D eigenvalue weighted by Crippen LogP contribution is -2.40. The van der Waals surface area contributed by atoms with Gasteiger partial charge in [0, 0.05) is 12.0 Å². The topological polar surface area (TPSA) is 74.5 Å². The van der Waals surface area contributed by atoms with Crippen molar-refractivity contribution in [1.82, 2.24) is 5.32 Å². The van der Waals surface area contributed by atoms with E-state index in [1.807, 2.05) is 19.9 Å². The van der Waals surface area contributed by atoms with Crippen LogP contribution in [0.1, 0.15) is 36.2 Å². The number of nitrogens with one attached hydrogen (secondary N) is 1. The molecule has 5 nitrogen and oxygen atoms in total. The quantitative estimate of drug-likeness (QED) is 0.897. The Morgan fingerprint density at radius 1 is 1.63 bits per heavy atom. The van der Waals surface area contributed by atoms with E-state index in [2.05, 4.69) is 10.5 Å². The first kappa shape index (κ1) is 13.1. The number of oxime groups is 1. The molecule has 19 heavy (non-hydrogen) atoms. The van der Waals surface area contributed by atoms with Crippen LogP contribution in [-0.2, 0) is 4.84 Å². The van der Waals surface area contributed by atoms with E-state index in [0.717, 1.165) is 5.71 Å². The van der Waals surface area contributed by atoms with Crippen LogP contribution in [0.2, 0.25) is 0 Å². The number of hydrogen-bond donors (Lipinski definition) is 1. The molecule has 1 heterocycles. The minimum atomic E-state index is -0.480. The van der Waals surface area contributed by atoms with Gasteiger partial charge < -0.3 is 10.2 Å². The van der Waals surface area contributed by atoms with Crippen LogP contribution in [0.15, 0.2) is 29.4 Å². The fourth-order valence-corrected chi connectivity index (χ4v) is 1.99. The summed E-state index contributed by atoms with van der Waals surface area (Å²) >= 11 is 0. The van der Waals surface area contributed by atoms with Crippen molar-refractivity contribution in [2.75, 3.05) is 6.54 Å². The van der Waals surface area contributed by atoms with Crippen LogP contribution in [0.25, 0.3) is 0 Å². The van der Waals surface area contributed by atoms with E-state index in [9.17, 15) is 4.79 Å². The maximum absolute atomic E-state index is 12.0. The lowest BCUT2D eigenvalue weighted by molar-refractivity contribution is -0.00181. The highest BCUT2D eigenvalue weighted by atomic mass is 16.7. The Labute approximate surface area is 111 Å². The van der Waals surface area contributed by atoms with Gasteiger partial charge in [0.05, 0.1) is 23.9 Å². The van der Waals surface area contributed by atoms with Gasteiger partial charge in [0.15, 0.2) is 5.60 Å². The molecule has 0 saturated heterocycles. The summed E-state index contributed by atoms with van der Waals surface area (Å²) < 4.78 is 0. The molecule has 0 bridgehead atoms. The van der Waals surface area contributed by atoms with Gasteiger partial charge in [-0.05, 0) is 32.0 Å². The van der Waals surface area contributed by atoms with E-state index in [0.29, 0.717) is 24.1 Å². The average molecular weight is 257 g/mol. The Balaban J connectivity index is 1.97. The van der Waals surface area contributed by atoms with Gasteiger partial charge in [-0.25, -0.2) is 0 Å². The molecule has 5 heteroatoms. The Morgan fingerprint density at radius 2 is 2.42 bits per heavy atom. The fourth-order valence-electron chi connectivity index (χ4n) is 1.99. The lowest BCUT2D eigenvalue weighted by atomic mass is 10.0. The molecule has 1 amide bonds. The molecule has 98 valence electrons. The standard InChI is InChI=1S/C14H15N3O2/c1-10-7-14(2,19-17-10)9-16-13(18)12-5-3-4-11(6-12)8-15/h3-6H,7,9H2,1-2H3,(H,16,18). The minimum absolute atomic E-state index is 0.216. The number of hydrogen-bond acceptors (Lipinski definition) is 4. The summed E-state index contributed by atoms with van der Waals surface area (Å²) in [7, 11) is 0. The van der Waals surface area contributed by atoms with Crippen molar-refractivity contribution in [1.29, 1.82) is 5.26 Å². The normalized spacial score (nSPS) is 21.2. The second-order valence-corrected chi connectivity index (χ2v) is 4.92. The zero-order valence-corrected chi connectivity index (χ0v) is 10.9. The first-order valence-electron chi connectivity index (χ1n) is 6.02. The highest BCUT2D eigenvalue weighted by molar-refractivity contribution is 5.94. The molecule has 1 aromatic rings. The second kappa shape index (κ2) is 5.11. The van der Waals surface area contributed by atoms with Crippen molar-refractivity contribution < 1.29 is 9.63 Å². The van der Waals surface area contributed by atoms with Crippen molar-refractivity contribution >= 4 is 11.6 Å². The summed E-state index contributed by atoms with van der Waals surface area (Å²) in [5.41, 5.74) is 1.38. The predicted octanol–water partition coefficient (Wildman–Crippen LogP) is 1.84. The molecule has 1 unspecified atom stereocenters.